The van der Waals surface area contributed by atoms with Gasteiger partial charge in [-0.05, 0) is 30.3 Å². The summed E-state index contributed by atoms with van der Waals surface area (Å²) in [5.74, 6) is 0. The SMILES string of the molecule is COCCn1ccc2cc(Nc3ccn(C)c(=O)c3Cl)ccc21. The maximum Gasteiger partial charge on any atom is 0.271 e. The van der Waals surface area contributed by atoms with E-state index in [0.717, 1.165) is 23.1 Å². The second-order valence-electron chi connectivity index (χ2n) is 5.36. The minimum Gasteiger partial charge on any atom is -0.383 e. The standard InChI is InChI=1S/C17H18ClN3O2/c1-20-7-6-14(16(18)17(20)22)19-13-3-4-15-12(11-13)5-8-21(15)9-10-23-2/h3-8,11,19H,9-10H2,1-2H3. The van der Waals surface area contributed by atoms with E-state index >= 15 is 0 Å². The van der Waals surface area contributed by atoms with E-state index in [9.17, 15) is 4.79 Å². The van der Waals surface area contributed by atoms with Crippen LogP contribution in [-0.2, 0) is 18.3 Å². The van der Waals surface area contributed by atoms with E-state index in [2.05, 4.69) is 16.0 Å². The lowest BCUT2D eigenvalue weighted by Crippen LogP contribution is -2.17. The van der Waals surface area contributed by atoms with Crippen molar-refractivity contribution in [1.29, 1.82) is 0 Å². The first kappa shape index (κ1) is 15.6. The summed E-state index contributed by atoms with van der Waals surface area (Å²) < 4.78 is 8.72. The monoisotopic (exact) mass is 331 g/mol. The highest BCUT2D eigenvalue weighted by Gasteiger charge is 2.07. The molecule has 0 fully saturated rings. The van der Waals surface area contributed by atoms with Crippen molar-refractivity contribution in [2.75, 3.05) is 19.0 Å². The fourth-order valence-corrected chi connectivity index (χ4v) is 2.76. The van der Waals surface area contributed by atoms with Crippen molar-refractivity contribution in [2.45, 2.75) is 6.54 Å². The second kappa shape index (κ2) is 6.48. The molecule has 6 heteroatoms. The largest absolute Gasteiger partial charge is 0.383 e. The fourth-order valence-electron chi connectivity index (χ4n) is 2.51. The van der Waals surface area contributed by atoms with Gasteiger partial charge in [0.05, 0.1) is 12.3 Å². The van der Waals surface area contributed by atoms with Crippen LogP contribution < -0.4 is 10.9 Å². The predicted molar refractivity (Wildman–Crippen MR) is 93.8 cm³/mol. The topological polar surface area (TPSA) is 48.2 Å². The molecule has 0 amide bonds. The maximum absolute atomic E-state index is 11.9. The zero-order valence-corrected chi connectivity index (χ0v) is 13.8. The molecule has 120 valence electrons. The van der Waals surface area contributed by atoms with Crippen LogP contribution >= 0.6 is 11.6 Å². The summed E-state index contributed by atoms with van der Waals surface area (Å²) in [7, 11) is 3.37. The molecule has 0 spiro atoms. The molecule has 0 aliphatic heterocycles. The van der Waals surface area contributed by atoms with E-state index < -0.39 is 0 Å². The Morgan fingerprint density at radius 3 is 2.83 bits per heavy atom. The Labute approximate surface area is 139 Å². The smallest absolute Gasteiger partial charge is 0.271 e. The third-order valence-electron chi connectivity index (χ3n) is 3.80. The van der Waals surface area contributed by atoms with E-state index in [1.807, 2.05) is 24.4 Å². The lowest BCUT2D eigenvalue weighted by molar-refractivity contribution is 0.188. The Morgan fingerprint density at radius 2 is 2.04 bits per heavy atom. The number of methoxy groups -OCH3 is 1. The summed E-state index contributed by atoms with van der Waals surface area (Å²) in [6, 6.07) is 9.90. The molecule has 3 aromatic rings. The highest BCUT2D eigenvalue weighted by atomic mass is 35.5. The second-order valence-corrected chi connectivity index (χ2v) is 5.74. The van der Waals surface area contributed by atoms with Gasteiger partial charge in [0.2, 0.25) is 0 Å². The van der Waals surface area contributed by atoms with Gasteiger partial charge in [-0.2, -0.15) is 0 Å². The molecule has 0 aliphatic rings. The zero-order valence-electron chi connectivity index (χ0n) is 13.0. The van der Waals surface area contributed by atoms with Gasteiger partial charge in [-0.1, -0.05) is 11.6 Å². The van der Waals surface area contributed by atoms with Crippen molar-refractivity contribution in [3.8, 4) is 0 Å². The maximum atomic E-state index is 11.9. The van der Waals surface area contributed by atoms with E-state index in [4.69, 9.17) is 16.3 Å². The number of ether oxygens (including phenoxy) is 1. The molecule has 2 heterocycles. The number of nitrogens with one attached hydrogen (secondary N) is 1. The third-order valence-corrected chi connectivity index (χ3v) is 4.16. The van der Waals surface area contributed by atoms with E-state index in [1.54, 1.807) is 26.4 Å². The lowest BCUT2D eigenvalue weighted by atomic mass is 10.2. The molecule has 2 aromatic heterocycles. The summed E-state index contributed by atoms with van der Waals surface area (Å²) in [5.41, 5.74) is 2.41. The number of aryl methyl sites for hydroxylation is 1. The number of halogens is 1. The zero-order chi connectivity index (χ0) is 16.4. The number of hydrogen-bond donors (Lipinski definition) is 1. The summed E-state index contributed by atoms with van der Waals surface area (Å²) in [6.45, 7) is 1.49. The molecule has 0 aliphatic carbocycles. The van der Waals surface area contributed by atoms with Gasteiger partial charge in [0.1, 0.15) is 5.02 Å². The first-order valence-electron chi connectivity index (χ1n) is 7.30. The molecule has 0 atom stereocenters. The van der Waals surface area contributed by atoms with Crippen LogP contribution in [0, 0.1) is 0 Å². The van der Waals surface area contributed by atoms with Crippen LogP contribution in [0.3, 0.4) is 0 Å². The van der Waals surface area contributed by atoms with Gasteiger partial charge in [-0.15, -0.1) is 0 Å². The van der Waals surface area contributed by atoms with E-state index in [-0.39, 0.29) is 10.6 Å². The van der Waals surface area contributed by atoms with Crippen molar-refractivity contribution in [1.82, 2.24) is 9.13 Å². The normalized spacial score (nSPS) is 11.1. The van der Waals surface area contributed by atoms with Crippen molar-refractivity contribution in [3.63, 3.8) is 0 Å². The van der Waals surface area contributed by atoms with Crippen molar-refractivity contribution in [3.05, 3.63) is 58.1 Å². The minimum absolute atomic E-state index is 0.188. The van der Waals surface area contributed by atoms with Crippen LogP contribution in [0.2, 0.25) is 5.02 Å². The summed E-state index contributed by atoms with van der Waals surface area (Å²) >= 11 is 6.11. The van der Waals surface area contributed by atoms with Gasteiger partial charge in [-0.3, -0.25) is 4.79 Å². The van der Waals surface area contributed by atoms with Gasteiger partial charge >= 0.3 is 0 Å². The van der Waals surface area contributed by atoms with Crippen LogP contribution in [-0.4, -0.2) is 22.9 Å². The van der Waals surface area contributed by atoms with Gasteiger partial charge in [0, 0.05) is 49.7 Å². The quantitative estimate of drug-likeness (QED) is 0.779. The molecule has 0 saturated heterocycles. The molecule has 3 rings (SSSR count). The Morgan fingerprint density at radius 1 is 1.22 bits per heavy atom. The van der Waals surface area contributed by atoms with Crippen LogP contribution in [0.1, 0.15) is 0 Å². The van der Waals surface area contributed by atoms with Crippen LogP contribution in [0.15, 0.2) is 47.5 Å². The van der Waals surface area contributed by atoms with Gasteiger partial charge < -0.3 is 19.2 Å². The van der Waals surface area contributed by atoms with Gasteiger partial charge in [0.15, 0.2) is 0 Å². The van der Waals surface area contributed by atoms with Gasteiger partial charge in [0.25, 0.3) is 5.56 Å². The fraction of sp³-hybridized carbons (Fsp3) is 0.235. The highest BCUT2D eigenvalue weighted by molar-refractivity contribution is 6.33. The number of anilines is 2. The number of pyridine rings is 1. The van der Waals surface area contributed by atoms with Gasteiger partial charge in [-0.25, -0.2) is 0 Å². The first-order chi connectivity index (χ1) is 11.1. The first-order valence-corrected chi connectivity index (χ1v) is 7.68. The Balaban J connectivity index is 1.90. The number of hydrogen-bond acceptors (Lipinski definition) is 3. The molecule has 0 bridgehead atoms. The molecule has 5 nitrogen and oxygen atoms in total. The molecule has 0 radical (unpaired) electrons. The molecular weight excluding hydrogens is 314 g/mol. The molecule has 23 heavy (non-hydrogen) atoms. The highest BCUT2D eigenvalue weighted by Crippen LogP contribution is 2.25. The van der Waals surface area contributed by atoms with Crippen LogP contribution in [0.5, 0.6) is 0 Å². The number of benzene rings is 1. The average Bonchev–Trinajstić information content (AvgIpc) is 2.96. The molecule has 0 unspecified atom stereocenters. The molecular formula is C17H18ClN3O2. The van der Waals surface area contributed by atoms with Crippen molar-refractivity contribution < 1.29 is 4.74 Å². The number of rotatable bonds is 5. The summed E-state index contributed by atoms with van der Waals surface area (Å²) in [6.07, 6.45) is 3.73. The average molecular weight is 332 g/mol. The third kappa shape index (κ3) is 3.11. The molecule has 1 N–H and O–H groups in total. The molecule has 0 saturated carbocycles. The number of aromatic nitrogens is 2. The Hall–Kier alpha value is -2.24. The van der Waals surface area contributed by atoms with Crippen molar-refractivity contribution >= 4 is 33.9 Å². The lowest BCUT2D eigenvalue weighted by Gasteiger charge is -2.10. The Kier molecular flexibility index (Phi) is 4.41. The van der Waals surface area contributed by atoms with E-state index in [0.29, 0.717) is 12.3 Å². The number of nitrogens with zero attached hydrogens (tertiary/aromatic N) is 2. The number of fused-ring (bicyclic) bond motifs is 1. The van der Waals surface area contributed by atoms with Crippen molar-refractivity contribution in [2.24, 2.45) is 7.05 Å². The van der Waals surface area contributed by atoms with E-state index in [1.165, 1.54) is 4.57 Å². The summed E-state index contributed by atoms with van der Waals surface area (Å²) in [5, 5.41) is 4.51. The minimum atomic E-state index is -0.219. The Bertz CT molecular complexity index is 898. The summed E-state index contributed by atoms with van der Waals surface area (Å²) in [4.78, 5) is 11.9. The van der Waals surface area contributed by atoms with Crippen LogP contribution in [0.25, 0.3) is 10.9 Å². The molecule has 1 aromatic carbocycles. The van der Waals surface area contributed by atoms with Crippen LogP contribution in [0.4, 0.5) is 11.4 Å². The predicted octanol–water partition coefficient (Wildman–Crippen LogP) is 3.38.